The number of hydrogen-bond acceptors (Lipinski definition) is 2. The molecule has 0 atom stereocenters. The lowest BCUT2D eigenvalue weighted by Gasteiger charge is -2.07. The van der Waals surface area contributed by atoms with Crippen LogP contribution in [0.5, 0.6) is 0 Å². The first-order valence-electron chi connectivity index (χ1n) is 6.39. The molecule has 8 heteroatoms. The van der Waals surface area contributed by atoms with Gasteiger partial charge in [-0.2, -0.15) is 13.2 Å². The summed E-state index contributed by atoms with van der Waals surface area (Å²) in [6.45, 7) is 0. The fraction of sp³-hybridized carbons (Fsp3) is 0.0667. The summed E-state index contributed by atoms with van der Waals surface area (Å²) in [5, 5.41) is 3.99. The van der Waals surface area contributed by atoms with Gasteiger partial charge in [0.15, 0.2) is 5.82 Å². The lowest BCUT2D eigenvalue weighted by Crippen LogP contribution is -2.05. The van der Waals surface area contributed by atoms with Crippen LogP contribution < -0.4 is 0 Å². The fourth-order valence-electron chi connectivity index (χ4n) is 1.98. The van der Waals surface area contributed by atoms with Crippen LogP contribution in [0.1, 0.15) is 5.56 Å². The Hall–Kier alpha value is -2.77. The summed E-state index contributed by atoms with van der Waals surface area (Å²) < 4.78 is 65.3. The van der Waals surface area contributed by atoms with Crippen molar-refractivity contribution in [3.05, 3.63) is 66.0 Å². The van der Waals surface area contributed by atoms with E-state index in [1.807, 2.05) is 0 Å². The highest BCUT2D eigenvalue weighted by Gasteiger charge is 2.30. The number of benzene rings is 2. The summed E-state index contributed by atoms with van der Waals surface area (Å²) in [6, 6.07) is 7.23. The van der Waals surface area contributed by atoms with Gasteiger partial charge in [-0.25, -0.2) is 18.4 Å². The molecule has 3 nitrogen and oxygen atoms in total. The maximum Gasteiger partial charge on any atom is 0.416 e. The largest absolute Gasteiger partial charge is 0.416 e. The van der Waals surface area contributed by atoms with E-state index in [4.69, 9.17) is 0 Å². The molecule has 118 valence electrons. The van der Waals surface area contributed by atoms with Crippen LogP contribution in [0.4, 0.5) is 22.0 Å². The molecule has 2 aromatic carbocycles. The van der Waals surface area contributed by atoms with Crippen molar-refractivity contribution < 1.29 is 22.0 Å². The first-order chi connectivity index (χ1) is 10.8. The van der Waals surface area contributed by atoms with Crippen molar-refractivity contribution in [2.24, 2.45) is 0 Å². The lowest BCUT2D eigenvalue weighted by molar-refractivity contribution is -0.137. The van der Waals surface area contributed by atoms with Crippen molar-refractivity contribution in [1.29, 1.82) is 0 Å². The molecule has 0 radical (unpaired) electrons. The van der Waals surface area contributed by atoms with Crippen LogP contribution in [-0.2, 0) is 6.18 Å². The van der Waals surface area contributed by atoms with Crippen molar-refractivity contribution in [3.8, 4) is 17.1 Å². The van der Waals surface area contributed by atoms with Gasteiger partial charge in [-0.05, 0) is 36.4 Å². The van der Waals surface area contributed by atoms with Crippen LogP contribution in [0.25, 0.3) is 17.1 Å². The van der Waals surface area contributed by atoms with E-state index >= 15 is 0 Å². The molecule has 0 bridgehead atoms. The number of hydrogen-bond donors (Lipinski definition) is 0. The van der Waals surface area contributed by atoms with Gasteiger partial charge in [0.25, 0.3) is 0 Å². The number of alkyl halides is 3. The normalized spacial score (nSPS) is 11.7. The van der Waals surface area contributed by atoms with E-state index in [2.05, 4.69) is 10.1 Å². The zero-order valence-corrected chi connectivity index (χ0v) is 11.4. The van der Waals surface area contributed by atoms with Gasteiger partial charge in [-0.3, -0.25) is 0 Å². The Balaban J connectivity index is 1.93. The van der Waals surface area contributed by atoms with Gasteiger partial charge in [-0.1, -0.05) is 0 Å². The van der Waals surface area contributed by atoms with Crippen LogP contribution in [0.3, 0.4) is 0 Å². The number of halogens is 5. The first-order valence-corrected chi connectivity index (χ1v) is 6.39. The average Bonchev–Trinajstić information content (AvgIpc) is 2.96. The quantitative estimate of drug-likeness (QED) is 0.660. The highest BCUT2D eigenvalue weighted by molar-refractivity contribution is 5.55. The third-order valence-corrected chi connectivity index (χ3v) is 3.12. The zero-order chi connectivity index (χ0) is 16.6. The molecule has 0 fully saturated rings. The van der Waals surface area contributed by atoms with E-state index in [0.717, 1.165) is 18.2 Å². The summed E-state index contributed by atoms with van der Waals surface area (Å²) in [5.74, 6) is -1.55. The molecule has 3 rings (SSSR count). The summed E-state index contributed by atoms with van der Waals surface area (Å²) in [6.07, 6.45) is -3.19. The van der Waals surface area contributed by atoms with Crippen molar-refractivity contribution in [3.63, 3.8) is 0 Å². The lowest BCUT2D eigenvalue weighted by atomic mass is 10.2. The molecule has 1 aromatic heterocycles. The Morgan fingerprint density at radius 3 is 2.22 bits per heavy atom. The average molecular weight is 325 g/mol. The Labute approximate surface area is 127 Å². The predicted molar refractivity (Wildman–Crippen MR) is 71.7 cm³/mol. The molecule has 0 saturated carbocycles. The van der Waals surface area contributed by atoms with E-state index < -0.39 is 23.4 Å². The van der Waals surface area contributed by atoms with E-state index in [1.54, 1.807) is 0 Å². The van der Waals surface area contributed by atoms with Crippen LogP contribution in [0.2, 0.25) is 0 Å². The minimum Gasteiger partial charge on any atom is -0.220 e. The second-order valence-electron chi connectivity index (χ2n) is 4.68. The number of aromatic nitrogens is 3. The number of rotatable bonds is 2. The summed E-state index contributed by atoms with van der Waals surface area (Å²) in [7, 11) is 0. The van der Waals surface area contributed by atoms with Crippen molar-refractivity contribution >= 4 is 0 Å². The topological polar surface area (TPSA) is 30.7 Å². The Morgan fingerprint density at radius 1 is 0.913 bits per heavy atom. The standard InChI is InChI=1S/C15H8F5N3/c16-10-3-6-12(13(17)7-10)14-21-8-23(22-14)11-4-1-9(2-5-11)15(18,19)20/h1-8H. The van der Waals surface area contributed by atoms with Gasteiger partial charge < -0.3 is 0 Å². The van der Waals surface area contributed by atoms with E-state index in [0.29, 0.717) is 11.8 Å². The van der Waals surface area contributed by atoms with Gasteiger partial charge in [0.1, 0.15) is 18.0 Å². The highest BCUT2D eigenvalue weighted by Crippen LogP contribution is 2.29. The molecule has 0 amide bonds. The third kappa shape index (κ3) is 3.05. The monoisotopic (exact) mass is 325 g/mol. The predicted octanol–water partition coefficient (Wildman–Crippen LogP) is 4.23. The Bertz CT molecular complexity index is 837. The fourth-order valence-corrected chi connectivity index (χ4v) is 1.98. The molecule has 1 heterocycles. The van der Waals surface area contributed by atoms with Gasteiger partial charge in [-0.15, -0.1) is 5.10 Å². The molecular weight excluding hydrogens is 317 g/mol. The third-order valence-electron chi connectivity index (χ3n) is 3.12. The van der Waals surface area contributed by atoms with Gasteiger partial charge in [0.05, 0.1) is 16.8 Å². The smallest absolute Gasteiger partial charge is 0.220 e. The van der Waals surface area contributed by atoms with Crippen molar-refractivity contribution in [2.45, 2.75) is 6.18 Å². The highest BCUT2D eigenvalue weighted by atomic mass is 19.4. The molecule has 23 heavy (non-hydrogen) atoms. The second kappa shape index (κ2) is 5.45. The molecule has 3 aromatic rings. The maximum absolute atomic E-state index is 13.7. The van der Waals surface area contributed by atoms with Gasteiger partial charge >= 0.3 is 6.18 Å². The number of nitrogens with zero attached hydrogens (tertiary/aromatic N) is 3. The van der Waals surface area contributed by atoms with Gasteiger partial charge in [0, 0.05) is 6.07 Å². The molecule has 0 unspecified atom stereocenters. The van der Waals surface area contributed by atoms with E-state index in [9.17, 15) is 22.0 Å². The molecule has 0 aliphatic rings. The molecule has 0 N–H and O–H groups in total. The van der Waals surface area contributed by atoms with Crippen molar-refractivity contribution in [1.82, 2.24) is 14.8 Å². The van der Waals surface area contributed by atoms with Crippen LogP contribution in [-0.4, -0.2) is 14.8 Å². The molecular formula is C15H8F5N3. The summed E-state index contributed by atoms with van der Waals surface area (Å²) in [5.41, 5.74) is -0.456. The minimum atomic E-state index is -4.43. The van der Waals surface area contributed by atoms with Crippen LogP contribution in [0, 0.1) is 11.6 Å². The second-order valence-corrected chi connectivity index (χ2v) is 4.68. The summed E-state index contributed by atoms with van der Waals surface area (Å²) in [4.78, 5) is 3.89. The van der Waals surface area contributed by atoms with E-state index in [1.165, 1.54) is 29.2 Å². The molecule has 0 saturated heterocycles. The first kappa shape index (κ1) is 15.1. The zero-order valence-electron chi connectivity index (χ0n) is 11.4. The molecule has 0 aliphatic heterocycles. The van der Waals surface area contributed by atoms with Crippen LogP contribution in [0.15, 0.2) is 48.8 Å². The molecule has 0 aliphatic carbocycles. The minimum absolute atomic E-state index is 0.00222. The maximum atomic E-state index is 13.7. The van der Waals surface area contributed by atoms with Crippen LogP contribution >= 0.6 is 0 Å². The van der Waals surface area contributed by atoms with Crippen molar-refractivity contribution in [2.75, 3.05) is 0 Å². The molecule has 0 spiro atoms. The Kier molecular flexibility index (Phi) is 3.59. The van der Waals surface area contributed by atoms with Gasteiger partial charge in [0.2, 0.25) is 0 Å². The Morgan fingerprint density at radius 2 is 1.61 bits per heavy atom. The van der Waals surface area contributed by atoms with E-state index in [-0.39, 0.29) is 11.4 Å². The summed E-state index contributed by atoms with van der Waals surface area (Å²) >= 11 is 0. The SMILES string of the molecule is Fc1ccc(-c2ncn(-c3ccc(C(F)(F)F)cc3)n2)c(F)c1.